The molecule has 0 aliphatic heterocycles. The van der Waals surface area contributed by atoms with Crippen LogP contribution in [0.15, 0.2) is 34.2 Å². The number of aromatic hydroxyl groups is 2. The summed E-state index contributed by atoms with van der Waals surface area (Å²) in [7, 11) is 0. The molecule has 0 saturated carbocycles. The molecule has 0 radical (unpaired) electrons. The molecule has 15 heteroatoms. The van der Waals surface area contributed by atoms with Gasteiger partial charge in [-0.15, -0.1) is 11.8 Å². The molecule has 1 aromatic heterocycles. The van der Waals surface area contributed by atoms with E-state index in [-0.39, 0.29) is 63.6 Å². The van der Waals surface area contributed by atoms with E-state index in [9.17, 15) is 41.8 Å². The lowest BCUT2D eigenvalue weighted by Crippen LogP contribution is -2.28. The molecule has 2 rings (SSSR count). The Balaban J connectivity index is 1.54. The third-order valence-electron chi connectivity index (χ3n) is 5.30. The lowest BCUT2D eigenvalue weighted by atomic mass is 10.1. The predicted octanol–water partition coefficient (Wildman–Crippen LogP) is 4.29. The van der Waals surface area contributed by atoms with Gasteiger partial charge in [0.05, 0.1) is 37.7 Å². The van der Waals surface area contributed by atoms with Crippen molar-refractivity contribution < 1.29 is 56.0 Å². The van der Waals surface area contributed by atoms with Gasteiger partial charge in [-0.2, -0.15) is 4.39 Å². The number of nitrogens with one attached hydrogen (secondary N) is 1. The zero-order valence-electron chi connectivity index (χ0n) is 21.2. The van der Waals surface area contributed by atoms with Gasteiger partial charge in [0, 0.05) is 25.6 Å². The monoisotopic (exact) mass is 586 g/mol. The van der Waals surface area contributed by atoms with Gasteiger partial charge < -0.3 is 29.7 Å². The van der Waals surface area contributed by atoms with Crippen LogP contribution in [0.1, 0.15) is 32.6 Å². The lowest BCUT2D eigenvalue weighted by molar-refractivity contribution is -0.141. The second-order valence-corrected chi connectivity index (χ2v) is 9.37. The Hall–Kier alpha value is -2.78. The minimum Gasteiger partial charge on any atom is -0.494 e. The summed E-state index contributed by atoms with van der Waals surface area (Å²) in [6, 6.07) is 1.46. The van der Waals surface area contributed by atoms with Gasteiger partial charge in [0.25, 0.3) is 0 Å². The number of carbonyl (C=O) groups is 2. The van der Waals surface area contributed by atoms with Crippen molar-refractivity contribution in [2.75, 3.05) is 38.7 Å². The van der Waals surface area contributed by atoms with Gasteiger partial charge in [-0.1, -0.05) is 13.3 Å². The van der Waals surface area contributed by atoms with E-state index < -0.39 is 48.0 Å². The van der Waals surface area contributed by atoms with Crippen LogP contribution in [-0.4, -0.2) is 77.7 Å². The van der Waals surface area contributed by atoms with Gasteiger partial charge in [0.1, 0.15) is 0 Å². The highest BCUT2D eigenvalue weighted by Gasteiger charge is 2.42. The number of allylic oxidation sites excluding steroid dienone is 3. The summed E-state index contributed by atoms with van der Waals surface area (Å²) in [5.74, 6) is -8.97. The van der Waals surface area contributed by atoms with E-state index >= 15 is 0 Å². The Kier molecular flexibility index (Phi) is 13.6. The SMILES string of the molecule is CCCCSc1cc(O)n(CCC(=O)NCCOCCOCCC(=O)OC2=C(F)C(F)C(F)C(F)=C2F)c1O. The molecule has 0 fully saturated rings. The smallest absolute Gasteiger partial charge is 0.313 e. The zero-order valence-corrected chi connectivity index (χ0v) is 22.0. The number of amides is 1. The minimum atomic E-state index is -3.15. The third kappa shape index (κ3) is 9.72. The fourth-order valence-corrected chi connectivity index (χ4v) is 4.25. The lowest BCUT2D eigenvalue weighted by Gasteiger charge is -2.19. The number of hydrogen-bond donors (Lipinski definition) is 3. The first-order chi connectivity index (χ1) is 18.6. The number of esters is 1. The normalized spacial score (nSPS) is 17.6. The first-order valence-electron chi connectivity index (χ1n) is 12.2. The molecule has 0 spiro atoms. The molecule has 1 heterocycles. The van der Waals surface area contributed by atoms with Crippen LogP contribution in [0.25, 0.3) is 0 Å². The topological polar surface area (TPSA) is 119 Å². The molecule has 39 heavy (non-hydrogen) atoms. The van der Waals surface area contributed by atoms with Gasteiger partial charge >= 0.3 is 5.97 Å². The van der Waals surface area contributed by atoms with E-state index in [1.165, 1.54) is 22.4 Å². The Morgan fingerprint density at radius 1 is 1.03 bits per heavy atom. The number of aromatic nitrogens is 1. The molecule has 1 aliphatic carbocycles. The fourth-order valence-electron chi connectivity index (χ4n) is 3.17. The number of nitrogens with zero attached hydrogens (tertiary/aromatic N) is 1. The van der Waals surface area contributed by atoms with Crippen molar-refractivity contribution in [3.8, 4) is 11.8 Å². The average Bonchev–Trinajstić information content (AvgIpc) is 3.18. The van der Waals surface area contributed by atoms with Gasteiger partial charge in [-0.25, -0.2) is 17.6 Å². The summed E-state index contributed by atoms with van der Waals surface area (Å²) < 4.78 is 82.5. The molecule has 1 aromatic rings. The van der Waals surface area contributed by atoms with Crippen LogP contribution in [-0.2, 0) is 30.3 Å². The average molecular weight is 587 g/mol. The number of thioether (sulfide) groups is 1. The molecular formula is C24H31F5N2O7S. The van der Waals surface area contributed by atoms with E-state index in [1.807, 2.05) is 0 Å². The number of halogens is 5. The van der Waals surface area contributed by atoms with E-state index in [2.05, 4.69) is 17.0 Å². The number of unbranched alkanes of at least 4 members (excludes halogenated alkanes) is 1. The van der Waals surface area contributed by atoms with Crippen LogP contribution in [0.5, 0.6) is 11.8 Å². The largest absolute Gasteiger partial charge is 0.494 e. The van der Waals surface area contributed by atoms with Crippen LogP contribution in [0, 0.1) is 0 Å². The van der Waals surface area contributed by atoms with Crippen molar-refractivity contribution in [3.63, 3.8) is 0 Å². The Labute approximate surface area is 226 Å². The summed E-state index contributed by atoms with van der Waals surface area (Å²) in [6.07, 6.45) is -4.77. The van der Waals surface area contributed by atoms with Crippen LogP contribution in [0.4, 0.5) is 22.0 Å². The molecule has 1 aliphatic rings. The maximum atomic E-state index is 13.6. The van der Waals surface area contributed by atoms with E-state index in [0.29, 0.717) is 4.90 Å². The summed E-state index contributed by atoms with van der Waals surface area (Å²) >= 11 is 1.43. The molecule has 2 unspecified atom stereocenters. The Morgan fingerprint density at radius 2 is 1.69 bits per heavy atom. The maximum Gasteiger partial charge on any atom is 0.313 e. The minimum absolute atomic E-state index is 0.0154. The van der Waals surface area contributed by atoms with Crippen molar-refractivity contribution in [1.82, 2.24) is 9.88 Å². The fraction of sp³-hybridized carbons (Fsp3) is 0.583. The molecule has 1 amide bonds. The maximum absolute atomic E-state index is 13.6. The molecule has 2 atom stereocenters. The summed E-state index contributed by atoms with van der Waals surface area (Å²) in [5.41, 5.74) is 0. The molecule has 0 bridgehead atoms. The summed E-state index contributed by atoms with van der Waals surface area (Å²) in [6.45, 7) is 2.29. The predicted molar refractivity (Wildman–Crippen MR) is 131 cm³/mol. The standard InChI is InChI=1S/C24H31F5N2O7S/c1-2-3-12-39-14-13-16(33)31(24(14)35)7-4-15(32)30-6-9-37-11-10-36-8-5-17(34)38-23-21(28)19(26)18(25)20(27)22(23)29/h13,18-19,33,35H,2-12H2,1H3,(H,30,32). The number of rotatable bonds is 17. The van der Waals surface area contributed by atoms with Crippen LogP contribution in [0.3, 0.4) is 0 Å². The van der Waals surface area contributed by atoms with Crippen LogP contribution in [0.2, 0.25) is 0 Å². The van der Waals surface area contributed by atoms with E-state index in [1.54, 1.807) is 0 Å². The van der Waals surface area contributed by atoms with Crippen LogP contribution >= 0.6 is 11.8 Å². The van der Waals surface area contributed by atoms with Crippen LogP contribution < -0.4 is 5.32 Å². The molecule has 0 saturated heterocycles. The van der Waals surface area contributed by atoms with Gasteiger partial charge in [0.15, 0.2) is 29.9 Å². The van der Waals surface area contributed by atoms with Gasteiger partial charge in [0.2, 0.25) is 23.4 Å². The van der Waals surface area contributed by atoms with Gasteiger partial charge in [-0.05, 0) is 12.2 Å². The zero-order chi connectivity index (χ0) is 28.9. The third-order valence-corrected chi connectivity index (χ3v) is 6.41. The molecule has 220 valence electrons. The number of alkyl halides is 2. The van der Waals surface area contributed by atoms with Crippen molar-refractivity contribution >= 4 is 23.6 Å². The first kappa shape index (κ1) is 32.4. The highest BCUT2D eigenvalue weighted by Crippen LogP contribution is 2.38. The quantitative estimate of drug-likeness (QED) is 0.107. The second kappa shape index (κ2) is 16.4. The van der Waals surface area contributed by atoms with Gasteiger partial charge in [-0.3, -0.25) is 14.2 Å². The first-order valence-corrected chi connectivity index (χ1v) is 13.2. The highest BCUT2D eigenvalue weighted by atomic mass is 32.2. The highest BCUT2D eigenvalue weighted by molar-refractivity contribution is 7.99. The van der Waals surface area contributed by atoms with Crippen molar-refractivity contribution in [2.24, 2.45) is 0 Å². The molecule has 9 nitrogen and oxygen atoms in total. The van der Waals surface area contributed by atoms with Crippen molar-refractivity contribution in [3.05, 3.63) is 29.3 Å². The van der Waals surface area contributed by atoms with E-state index in [4.69, 9.17) is 9.47 Å². The Bertz CT molecular complexity index is 1050. The van der Waals surface area contributed by atoms with Crippen molar-refractivity contribution in [2.45, 2.75) is 56.4 Å². The number of hydrogen-bond acceptors (Lipinski definition) is 8. The summed E-state index contributed by atoms with van der Waals surface area (Å²) in [4.78, 5) is 24.2. The van der Waals surface area contributed by atoms with Crippen molar-refractivity contribution in [1.29, 1.82) is 0 Å². The summed E-state index contributed by atoms with van der Waals surface area (Å²) in [5, 5.41) is 22.8. The number of ether oxygens (including phenoxy) is 3. The second-order valence-electron chi connectivity index (χ2n) is 8.24. The number of carbonyl (C=O) groups excluding carboxylic acids is 2. The Morgan fingerprint density at radius 3 is 2.38 bits per heavy atom. The molecular weight excluding hydrogens is 555 g/mol. The molecule has 3 N–H and O–H groups in total. The van der Waals surface area contributed by atoms with E-state index in [0.717, 1.165) is 18.6 Å². The molecule has 0 aromatic carbocycles.